The molecule has 26 heteroatoms. The fourth-order valence-corrected chi connectivity index (χ4v) is 6.35. The number of carbonyl (C=O) groups excluding carboxylic acids is 10. The third-order valence-corrected chi connectivity index (χ3v) is 10.1. The molecule has 0 unspecified atom stereocenters. The molecule has 0 saturated heterocycles. The predicted octanol–water partition coefficient (Wildman–Crippen LogP) is -5.28. The van der Waals surface area contributed by atoms with Gasteiger partial charge < -0.3 is 80.2 Å². The number of carboxylic acid groups (broad SMARTS) is 1. The van der Waals surface area contributed by atoms with Crippen LogP contribution in [0.1, 0.15) is 108 Å². The van der Waals surface area contributed by atoms with E-state index in [1.54, 1.807) is 13.8 Å². The molecule has 18 N–H and O–H groups in total. The molecule has 0 fully saturated rings. The van der Waals surface area contributed by atoms with Crippen LogP contribution in [0.4, 0.5) is 0 Å². The summed E-state index contributed by atoms with van der Waals surface area (Å²) in [6.07, 6.45) is -6.87. The summed E-state index contributed by atoms with van der Waals surface area (Å²) in [6, 6.07) is -13.8. The Morgan fingerprint density at radius 2 is 0.662 bits per heavy atom. The first-order valence-electron chi connectivity index (χ1n) is 22.3. The molecular weight excluding hydrogens is 899 g/mol. The molecule has 0 bridgehead atoms. The molecular formula is C42H75N11O15. The molecule has 10 amide bonds. The number of rotatable bonds is 31. The summed E-state index contributed by atoms with van der Waals surface area (Å²) in [7, 11) is 0. The van der Waals surface area contributed by atoms with E-state index >= 15 is 0 Å². The second-order valence-electron chi connectivity index (χ2n) is 18.1. The molecule has 0 aliphatic heterocycles. The minimum absolute atomic E-state index is 0.0309. The van der Waals surface area contributed by atoms with E-state index < -0.39 is 169 Å². The third-order valence-electron chi connectivity index (χ3n) is 10.1. The summed E-state index contributed by atoms with van der Waals surface area (Å²) in [5, 5.41) is 60.0. The van der Waals surface area contributed by atoms with Crippen LogP contribution >= 0.6 is 0 Å². The van der Waals surface area contributed by atoms with Crippen LogP contribution in [0.2, 0.25) is 0 Å². The van der Waals surface area contributed by atoms with E-state index in [4.69, 9.17) is 17.2 Å². The van der Waals surface area contributed by atoms with Crippen LogP contribution < -0.4 is 59.7 Å². The normalized spacial score (nSPS) is 16.7. The molecule has 0 aliphatic rings. The smallest absolute Gasteiger partial charge is 0.326 e. The first-order valence-corrected chi connectivity index (χ1v) is 22.3. The van der Waals surface area contributed by atoms with Crippen LogP contribution in [-0.4, -0.2) is 158 Å². The van der Waals surface area contributed by atoms with Gasteiger partial charge in [-0.3, -0.25) is 47.9 Å². The van der Waals surface area contributed by atoms with Crippen molar-refractivity contribution in [1.82, 2.24) is 42.5 Å². The van der Waals surface area contributed by atoms with Crippen molar-refractivity contribution in [2.45, 2.75) is 180 Å². The highest BCUT2D eigenvalue weighted by Gasteiger charge is 2.38. The Bertz CT molecular complexity index is 1770. The highest BCUT2D eigenvalue weighted by atomic mass is 16.4. The van der Waals surface area contributed by atoms with Crippen LogP contribution in [0.3, 0.4) is 0 Å². The predicted molar refractivity (Wildman–Crippen MR) is 242 cm³/mol. The van der Waals surface area contributed by atoms with Crippen LogP contribution in [0.15, 0.2) is 0 Å². The van der Waals surface area contributed by atoms with Gasteiger partial charge in [0.2, 0.25) is 59.1 Å². The Morgan fingerprint density at radius 1 is 0.397 bits per heavy atom. The van der Waals surface area contributed by atoms with E-state index in [1.165, 1.54) is 20.8 Å². The third kappa shape index (κ3) is 22.7. The highest BCUT2D eigenvalue weighted by molar-refractivity contribution is 5.98. The number of aliphatic hydroxyl groups excluding tert-OH is 3. The average molecular weight is 974 g/mol. The molecule has 26 nitrogen and oxygen atoms in total. The zero-order valence-corrected chi connectivity index (χ0v) is 40.4. The first-order chi connectivity index (χ1) is 31.3. The fourth-order valence-electron chi connectivity index (χ4n) is 6.35. The summed E-state index contributed by atoms with van der Waals surface area (Å²) in [6.45, 7) is 14.8. The largest absolute Gasteiger partial charge is 0.480 e. The van der Waals surface area contributed by atoms with Gasteiger partial charge in [-0.05, 0) is 71.1 Å². The van der Waals surface area contributed by atoms with E-state index in [0.717, 1.165) is 20.8 Å². The maximum atomic E-state index is 13.7. The van der Waals surface area contributed by atoms with Gasteiger partial charge in [0.25, 0.3) is 0 Å². The van der Waals surface area contributed by atoms with Gasteiger partial charge in [0.15, 0.2) is 0 Å². The summed E-state index contributed by atoms with van der Waals surface area (Å²) >= 11 is 0. The van der Waals surface area contributed by atoms with Crippen LogP contribution in [-0.2, 0) is 52.7 Å². The maximum absolute atomic E-state index is 13.7. The van der Waals surface area contributed by atoms with E-state index in [-0.39, 0.29) is 24.7 Å². The Hall–Kier alpha value is -5.99. The van der Waals surface area contributed by atoms with E-state index in [2.05, 4.69) is 42.5 Å². The number of hydrogen-bond acceptors (Lipinski definition) is 15. The number of primary amides is 2. The van der Waals surface area contributed by atoms with Gasteiger partial charge in [-0.25, -0.2) is 4.79 Å². The van der Waals surface area contributed by atoms with Gasteiger partial charge in [0.05, 0.1) is 24.4 Å². The van der Waals surface area contributed by atoms with Crippen molar-refractivity contribution in [2.75, 3.05) is 0 Å². The van der Waals surface area contributed by atoms with Gasteiger partial charge >= 0.3 is 5.97 Å². The molecule has 0 aromatic carbocycles. The SMILES string of the molecule is CC(C)C[C@H](NC(=O)[C@H](C)N)C(=O)N[C@@H](CC(C)C)C(=O)N[C@H](C(=O)N[C@H](C(=O)N[C@@H](CCC(N)=O)C(=O)N[C@H](C(=O)N[C@@H](CCC(N)=O)C(=O)N[C@H](C(=O)O)C(C)C)[C@@H](C)O)[C@@H](C)O)[C@@H](C)O. The standard InChI is InChI=1S/C42H75N11O15/c1-17(2)15-26(48-34(59)20(7)43)37(62)49-27(16-18(3)4)38(63)52-33(23(10)56)41(66)53-32(22(9)55)40(65)47-25(12-14-29(45)58)36(61)51-31(21(8)54)39(64)46-24(11-13-28(44)57)35(60)50-30(19(5)6)42(67)68/h17-27,30-33,54-56H,11-16,43H2,1-10H3,(H2,44,57)(H2,45,58)(H,46,64)(H,47,65)(H,48,59)(H,49,62)(H,50,60)(H,51,61)(H,52,63)(H,53,66)(H,67,68)/t20-,21+,22+,23+,24-,25-,26-,27-,30-,31-,32-,33-/m0/s1. The highest BCUT2D eigenvalue weighted by Crippen LogP contribution is 2.12. The lowest BCUT2D eigenvalue weighted by atomic mass is 9.99. The molecule has 0 aromatic rings. The molecule has 0 saturated carbocycles. The lowest BCUT2D eigenvalue weighted by molar-refractivity contribution is -0.144. The molecule has 0 aromatic heterocycles. The van der Waals surface area contributed by atoms with Crippen LogP contribution in [0.5, 0.6) is 0 Å². The number of nitrogens with one attached hydrogen (secondary N) is 8. The van der Waals surface area contributed by atoms with E-state index in [9.17, 15) is 73.2 Å². The number of nitrogens with two attached hydrogens (primary N) is 3. The minimum Gasteiger partial charge on any atom is -0.480 e. The number of amides is 10. The second-order valence-corrected chi connectivity index (χ2v) is 18.1. The van der Waals surface area contributed by atoms with E-state index in [1.807, 2.05) is 13.8 Å². The van der Waals surface area contributed by atoms with Gasteiger partial charge in [0, 0.05) is 12.8 Å². The zero-order valence-electron chi connectivity index (χ0n) is 40.4. The van der Waals surface area contributed by atoms with E-state index in [0.29, 0.717) is 0 Å². The number of carboxylic acids is 1. The molecule has 68 heavy (non-hydrogen) atoms. The molecule has 0 heterocycles. The van der Waals surface area contributed by atoms with Crippen molar-refractivity contribution >= 4 is 65.0 Å². The van der Waals surface area contributed by atoms with Crippen molar-refractivity contribution < 1.29 is 73.2 Å². The minimum atomic E-state index is -1.93. The summed E-state index contributed by atoms with van der Waals surface area (Å²) in [4.78, 5) is 142. The molecule has 388 valence electrons. The summed E-state index contributed by atoms with van der Waals surface area (Å²) < 4.78 is 0. The molecule has 0 aliphatic carbocycles. The van der Waals surface area contributed by atoms with Crippen molar-refractivity contribution in [2.24, 2.45) is 35.0 Å². The number of aliphatic hydroxyl groups is 3. The number of carbonyl (C=O) groups is 11. The average Bonchev–Trinajstić information content (AvgIpc) is 3.20. The van der Waals surface area contributed by atoms with Crippen LogP contribution in [0.25, 0.3) is 0 Å². The summed E-state index contributed by atoms with van der Waals surface area (Å²) in [5.74, 6) is -12.3. The quantitative estimate of drug-likeness (QED) is 0.0309. The summed E-state index contributed by atoms with van der Waals surface area (Å²) in [5.41, 5.74) is 16.2. The van der Waals surface area contributed by atoms with Gasteiger partial charge in [0.1, 0.15) is 48.3 Å². The molecule has 0 rings (SSSR count). The fraction of sp³-hybridized carbons (Fsp3) is 0.738. The topological polar surface area (TPSA) is 443 Å². The molecule has 0 radical (unpaired) electrons. The Labute approximate surface area is 395 Å². The first kappa shape index (κ1) is 62.0. The second kappa shape index (κ2) is 29.7. The van der Waals surface area contributed by atoms with Gasteiger partial charge in [-0.2, -0.15) is 0 Å². The van der Waals surface area contributed by atoms with Crippen molar-refractivity contribution in [1.29, 1.82) is 0 Å². The zero-order chi connectivity index (χ0) is 52.9. The Morgan fingerprint density at radius 3 is 0.941 bits per heavy atom. The van der Waals surface area contributed by atoms with Gasteiger partial charge in [-0.1, -0.05) is 41.5 Å². The lowest BCUT2D eigenvalue weighted by Gasteiger charge is -2.30. The molecule has 12 atom stereocenters. The molecule has 0 spiro atoms. The lowest BCUT2D eigenvalue weighted by Crippen LogP contribution is -2.64. The number of aliphatic carboxylic acids is 1. The maximum Gasteiger partial charge on any atom is 0.326 e. The van der Waals surface area contributed by atoms with Crippen molar-refractivity contribution in [3.63, 3.8) is 0 Å². The van der Waals surface area contributed by atoms with Gasteiger partial charge in [-0.15, -0.1) is 0 Å². The van der Waals surface area contributed by atoms with Crippen molar-refractivity contribution in [3.05, 3.63) is 0 Å². The Balaban J connectivity index is 6.53. The monoisotopic (exact) mass is 974 g/mol. The number of hydrogen-bond donors (Lipinski definition) is 15. The van der Waals surface area contributed by atoms with Crippen molar-refractivity contribution in [3.8, 4) is 0 Å². The Kier molecular flexibility index (Phi) is 27.1. The van der Waals surface area contributed by atoms with Crippen LogP contribution in [0, 0.1) is 17.8 Å².